The van der Waals surface area contributed by atoms with Crippen molar-refractivity contribution >= 4 is 17.5 Å². The lowest BCUT2D eigenvalue weighted by Crippen LogP contribution is -2.39. The third-order valence-electron chi connectivity index (χ3n) is 6.59. The van der Waals surface area contributed by atoms with Gasteiger partial charge in [-0.1, -0.05) is 19.9 Å². The molecule has 3 heterocycles. The van der Waals surface area contributed by atoms with E-state index in [1.807, 2.05) is 27.7 Å². The summed E-state index contributed by atoms with van der Waals surface area (Å²) in [5.74, 6) is -1.13. The van der Waals surface area contributed by atoms with Crippen LogP contribution in [-0.4, -0.2) is 44.9 Å². The molecule has 0 saturated carbocycles. The average Bonchev–Trinajstić information content (AvgIpc) is 2.97. The van der Waals surface area contributed by atoms with Gasteiger partial charge in [0.05, 0.1) is 11.3 Å². The molecule has 1 fully saturated rings. The van der Waals surface area contributed by atoms with Crippen molar-refractivity contribution in [3.63, 3.8) is 0 Å². The van der Waals surface area contributed by atoms with Gasteiger partial charge in [0.1, 0.15) is 29.5 Å². The second-order valence-corrected chi connectivity index (χ2v) is 11.0. The number of amides is 1. The van der Waals surface area contributed by atoms with Gasteiger partial charge < -0.3 is 14.4 Å². The Balaban J connectivity index is 0.00000420. The number of pyridine rings is 1. The number of nitrogens with zero attached hydrogens (tertiary/aromatic N) is 3. The largest absolute Gasteiger partial charge is 0.485 e. The van der Waals surface area contributed by atoms with Crippen molar-refractivity contribution in [2.24, 2.45) is 5.92 Å². The first-order valence-corrected chi connectivity index (χ1v) is 13.0. The van der Waals surface area contributed by atoms with E-state index in [9.17, 15) is 18.4 Å². The summed E-state index contributed by atoms with van der Waals surface area (Å²) in [5.41, 5.74) is 1.44. The number of aryl methyl sites for hydroxylation is 2. The van der Waals surface area contributed by atoms with E-state index >= 15 is 0 Å². The third kappa shape index (κ3) is 7.13. The van der Waals surface area contributed by atoms with Crippen molar-refractivity contribution in [2.75, 3.05) is 13.1 Å². The van der Waals surface area contributed by atoms with Crippen LogP contribution in [0.2, 0.25) is 0 Å². The van der Waals surface area contributed by atoms with Gasteiger partial charge in [-0.2, -0.15) is 0 Å². The Kier molecular flexibility index (Phi) is 9.35. The minimum absolute atomic E-state index is 0. The lowest BCUT2D eigenvalue weighted by molar-refractivity contribution is 0.0231. The smallest absolute Gasteiger partial charge is 0.410 e. The van der Waals surface area contributed by atoms with Crippen molar-refractivity contribution in [3.05, 3.63) is 64.6 Å². The number of fused-ring (bicyclic) bond motifs is 1. The number of Topliss-reactive ketones (excluding diaryl/α,β-unsaturated/α-hetero) is 1. The zero-order valence-electron chi connectivity index (χ0n) is 22.6. The molecule has 0 N–H and O–H groups in total. The van der Waals surface area contributed by atoms with Crippen LogP contribution in [-0.2, 0) is 11.3 Å². The lowest BCUT2D eigenvalue weighted by Gasteiger charge is -2.28. The predicted octanol–water partition coefficient (Wildman–Crippen LogP) is 7.05. The van der Waals surface area contributed by atoms with E-state index in [2.05, 4.69) is 4.98 Å². The van der Waals surface area contributed by atoms with Gasteiger partial charge in [-0.25, -0.2) is 18.6 Å². The van der Waals surface area contributed by atoms with Crippen LogP contribution in [0, 0.1) is 31.4 Å². The lowest BCUT2D eigenvalue weighted by atomic mass is 9.95. The molecule has 1 saturated heterocycles. The van der Waals surface area contributed by atoms with E-state index in [-0.39, 0.29) is 43.8 Å². The van der Waals surface area contributed by atoms with Gasteiger partial charge in [-0.05, 0) is 77.1 Å². The average molecular weight is 544 g/mol. The normalized spacial score (nSPS) is 16.0. The minimum Gasteiger partial charge on any atom is -0.485 e. The zero-order valence-corrected chi connectivity index (χ0v) is 22.6. The summed E-state index contributed by atoms with van der Waals surface area (Å²) >= 11 is 0. The van der Waals surface area contributed by atoms with E-state index in [4.69, 9.17) is 9.47 Å². The van der Waals surface area contributed by atoms with E-state index in [1.54, 1.807) is 28.5 Å². The molecule has 7 nitrogen and oxygen atoms in total. The molecule has 1 unspecified atom stereocenters. The first-order chi connectivity index (χ1) is 17.9. The summed E-state index contributed by atoms with van der Waals surface area (Å²) in [7, 11) is 0. The van der Waals surface area contributed by atoms with Crippen molar-refractivity contribution < 1.29 is 27.8 Å². The Hall–Kier alpha value is -3.49. The molecule has 1 aliphatic rings. The SMILES string of the molecule is C.Cc1cc(OCc2c(F)cccc2F)c2nc(C)c(C(=O)CC3CCCCN(C(=O)OC(C)(C)C)C3)n2c1. The summed E-state index contributed by atoms with van der Waals surface area (Å²) in [6, 6.07) is 5.40. The Bertz CT molecular complexity index is 1330. The topological polar surface area (TPSA) is 73.1 Å². The predicted molar refractivity (Wildman–Crippen MR) is 146 cm³/mol. The zero-order chi connectivity index (χ0) is 27.6. The summed E-state index contributed by atoms with van der Waals surface area (Å²) in [6.45, 7) is 9.88. The summed E-state index contributed by atoms with van der Waals surface area (Å²) in [4.78, 5) is 32.5. The second-order valence-electron chi connectivity index (χ2n) is 11.0. The Morgan fingerprint density at radius 2 is 1.82 bits per heavy atom. The number of rotatable bonds is 6. The van der Waals surface area contributed by atoms with Crippen molar-refractivity contribution in [3.8, 4) is 5.75 Å². The van der Waals surface area contributed by atoms with Crippen LogP contribution in [0.5, 0.6) is 5.75 Å². The van der Waals surface area contributed by atoms with Crippen molar-refractivity contribution in [1.29, 1.82) is 0 Å². The number of carbonyl (C=O) groups is 2. The van der Waals surface area contributed by atoms with Gasteiger partial charge in [-0.3, -0.25) is 9.20 Å². The highest BCUT2D eigenvalue weighted by molar-refractivity contribution is 5.97. The van der Waals surface area contributed by atoms with Crippen LogP contribution in [0.25, 0.3) is 5.65 Å². The molecule has 39 heavy (non-hydrogen) atoms. The molecule has 1 atom stereocenters. The molecule has 1 amide bonds. The number of hydrogen-bond donors (Lipinski definition) is 0. The fraction of sp³-hybridized carbons (Fsp3) is 0.500. The first-order valence-electron chi connectivity index (χ1n) is 13.0. The highest BCUT2D eigenvalue weighted by Crippen LogP contribution is 2.28. The van der Waals surface area contributed by atoms with Crippen LogP contribution >= 0.6 is 0 Å². The van der Waals surface area contributed by atoms with E-state index in [1.165, 1.54) is 18.2 Å². The molecule has 2 aromatic heterocycles. The number of hydrogen-bond acceptors (Lipinski definition) is 5. The maximum Gasteiger partial charge on any atom is 0.410 e. The van der Waals surface area contributed by atoms with Gasteiger partial charge in [0.2, 0.25) is 0 Å². The number of likely N-dealkylation sites (tertiary alicyclic amines) is 1. The molecule has 1 aromatic carbocycles. The molecule has 4 rings (SSSR count). The molecule has 0 spiro atoms. The number of ether oxygens (including phenoxy) is 2. The number of halogens is 2. The van der Waals surface area contributed by atoms with Gasteiger partial charge >= 0.3 is 6.09 Å². The van der Waals surface area contributed by atoms with Gasteiger partial charge in [0.25, 0.3) is 0 Å². The Morgan fingerprint density at radius 1 is 1.13 bits per heavy atom. The number of benzene rings is 1. The molecule has 0 aliphatic carbocycles. The quantitative estimate of drug-likeness (QED) is 0.311. The molecular weight excluding hydrogens is 504 g/mol. The third-order valence-corrected chi connectivity index (χ3v) is 6.59. The van der Waals surface area contributed by atoms with Crippen LogP contribution in [0.15, 0.2) is 30.5 Å². The van der Waals surface area contributed by atoms with Gasteiger partial charge in [0.15, 0.2) is 17.2 Å². The fourth-order valence-electron chi connectivity index (χ4n) is 4.87. The monoisotopic (exact) mass is 543 g/mol. The summed E-state index contributed by atoms with van der Waals surface area (Å²) < 4.78 is 41.3. The maximum absolute atomic E-state index is 14.1. The Morgan fingerprint density at radius 3 is 2.49 bits per heavy atom. The number of imidazole rings is 1. The van der Waals surface area contributed by atoms with Crippen molar-refractivity contribution in [2.45, 2.75) is 79.9 Å². The van der Waals surface area contributed by atoms with Gasteiger partial charge in [0, 0.05) is 25.7 Å². The van der Waals surface area contributed by atoms with Crippen LogP contribution in [0.3, 0.4) is 0 Å². The van der Waals surface area contributed by atoms with Gasteiger partial charge in [-0.15, -0.1) is 0 Å². The Labute approximate surface area is 229 Å². The minimum atomic E-state index is -0.687. The highest BCUT2D eigenvalue weighted by Gasteiger charge is 2.29. The fourth-order valence-corrected chi connectivity index (χ4v) is 4.87. The molecule has 3 aromatic rings. The second kappa shape index (κ2) is 12.1. The molecule has 0 radical (unpaired) electrons. The standard InChI is InChI=1S/C29H35F2N3O4.CH4/c1-18-13-25(37-17-21-22(30)10-8-11-23(21)31)27-32-19(2)26(34(27)15-18)24(35)14-20-9-6-7-12-33(16-20)28(36)38-29(3,4)5;/h8,10-11,13,15,20H,6-7,9,12,14,16-17H2,1-5H3;1H4. The van der Waals surface area contributed by atoms with Crippen LogP contribution < -0.4 is 4.74 Å². The number of ketones is 1. The summed E-state index contributed by atoms with van der Waals surface area (Å²) in [6.07, 6.45) is 4.33. The molecule has 212 valence electrons. The van der Waals surface area contributed by atoms with Crippen molar-refractivity contribution in [1.82, 2.24) is 14.3 Å². The maximum atomic E-state index is 14.1. The van der Waals surface area contributed by atoms with E-state index < -0.39 is 17.2 Å². The highest BCUT2D eigenvalue weighted by atomic mass is 19.1. The first kappa shape index (κ1) is 30.1. The van der Waals surface area contributed by atoms with E-state index in [0.717, 1.165) is 24.8 Å². The molecule has 1 aliphatic heterocycles. The van der Waals surface area contributed by atoms with Crippen LogP contribution in [0.1, 0.15) is 81.2 Å². The molecule has 0 bridgehead atoms. The van der Waals surface area contributed by atoms with E-state index in [0.29, 0.717) is 35.9 Å². The number of carbonyl (C=O) groups excluding carboxylic acids is 2. The number of aromatic nitrogens is 2. The molecular formula is C30H39F2N3O4. The van der Waals surface area contributed by atoms with Crippen LogP contribution in [0.4, 0.5) is 13.6 Å². The molecule has 9 heteroatoms. The summed E-state index contributed by atoms with van der Waals surface area (Å²) in [5, 5.41) is 0.